The van der Waals surface area contributed by atoms with Crippen LogP contribution in [0.25, 0.3) is 44.2 Å². The van der Waals surface area contributed by atoms with Crippen LogP contribution < -0.4 is 9.64 Å². The van der Waals surface area contributed by atoms with E-state index in [1.54, 1.807) is 0 Å². The molecule has 0 atom stereocenters. The van der Waals surface area contributed by atoms with E-state index >= 15 is 0 Å². The number of para-hydroxylation sites is 1. The van der Waals surface area contributed by atoms with E-state index in [0.29, 0.717) is 0 Å². The van der Waals surface area contributed by atoms with Crippen molar-refractivity contribution < 1.29 is 4.74 Å². The molecule has 1 aliphatic heterocycles. The second kappa shape index (κ2) is 12.5. The molecule has 2 aliphatic rings. The molecule has 0 N–H and O–H groups in total. The van der Waals surface area contributed by atoms with Crippen LogP contribution in [0.3, 0.4) is 0 Å². The van der Waals surface area contributed by atoms with Crippen molar-refractivity contribution in [1.82, 2.24) is 0 Å². The third-order valence-corrected chi connectivity index (χ3v) is 11.5. The van der Waals surface area contributed by atoms with E-state index < -0.39 is 5.41 Å². The first kappa shape index (κ1) is 31.4. The van der Waals surface area contributed by atoms with Gasteiger partial charge in [-0.1, -0.05) is 158 Å². The largest absolute Gasteiger partial charge is 0.457 e. The van der Waals surface area contributed by atoms with Crippen molar-refractivity contribution in [1.29, 1.82) is 0 Å². The van der Waals surface area contributed by atoms with Crippen molar-refractivity contribution in [2.45, 2.75) is 5.41 Å². The number of hydrogen-bond donors (Lipinski definition) is 0. The topological polar surface area (TPSA) is 12.5 Å². The molecule has 0 amide bonds. The second-order valence-electron chi connectivity index (χ2n) is 14.5. The molecule has 2 heteroatoms. The smallest absolute Gasteiger partial charge is 0.132 e. The van der Waals surface area contributed by atoms with Gasteiger partial charge >= 0.3 is 0 Å². The Morgan fingerprint density at radius 3 is 1.60 bits per heavy atom. The zero-order valence-corrected chi connectivity index (χ0v) is 30.1. The summed E-state index contributed by atoms with van der Waals surface area (Å²) in [5, 5.41) is 2.41. The van der Waals surface area contributed by atoms with Crippen molar-refractivity contribution in [2.75, 3.05) is 4.90 Å². The second-order valence-corrected chi connectivity index (χ2v) is 14.5. The maximum absolute atomic E-state index is 6.93. The molecule has 0 bridgehead atoms. The maximum Gasteiger partial charge on any atom is 0.132 e. The maximum atomic E-state index is 6.93. The van der Waals surface area contributed by atoms with Crippen LogP contribution in [-0.2, 0) is 5.41 Å². The van der Waals surface area contributed by atoms with Gasteiger partial charge in [-0.2, -0.15) is 0 Å². The molecule has 0 radical (unpaired) electrons. The number of hydrogen-bond acceptors (Lipinski definition) is 2. The standard InChI is InChI=1S/C53H35NO/c1-4-15-36(16-5-1)39-27-31-51-48(33-39)53(49-34-40(28-32-52(49)55-51)37-17-6-2-7-18-37)46-25-13-12-24-44(46)45-30-29-42(35-47(45)53)54(41-21-8-3-9-22-41)50-26-14-20-38-19-10-11-23-43(38)50/h1-35H. The lowest BCUT2D eigenvalue weighted by atomic mass is 9.65. The van der Waals surface area contributed by atoms with Crippen LogP contribution in [-0.4, -0.2) is 0 Å². The number of benzene rings is 9. The minimum absolute atomic E-state index is 0.665. The molecule has 1 heterocycles. The zero-order chi connectivity index (χ0) is 36.3. The minimum Gasteiger partial charge on any atom is -0.457 e. The summed E-state index contributed by atoms with van der Waals surface area (Å²) >= 11 is 0. The Kier molecular flexibility index (Phi) is 7.11. The summed E-state index contributed by atoms with van der Waals surface area (Å²) in [5.74, 6) is 1.75. The molecule has 0 unspecified atom stereocenters. The predicted octanol–water partition coefficient (Wildman–Crippen LogP) is 14.1. The van der Waals surface area contributed by atoms with Gasteiger partial charge in [0, 0.05) is 27.9 Å². The molecule has 0 saturated heterocycles. The van der Waals surface area contributed by atoms with Crippen molar-refractivity contribution in [3.8, 4) is 44.9 Å². The van der Waals surface area contributed by atoms with Gasteiger partial charge in [0.25, 0.3) is 0 Å². The van der Waals surface area contributed by atoms with Crippen molar-refractivity contribution in [3.63, 3.8) is 0 Å². The van der Waals surface area contributed by atoms with Gasteiger partial charge in [0.1, 0.15) is 11.5 Å². The average molecular weight is 702 g/mol. The minimum atomic E-state index is -0.665. The van der Waals surface area contributed by atoms with Crippen LogP contribution in [0.15, 0.2) is 212 Å². The van der Waals surface area contributed by atoms with Crippen molar-refractivity contribution in [2.24, 2.45) is 0 Å². The fraction of sp³-hybridized carbons (Fsp3) is 0.0189. The lowest BCUT2D eigenvalue weighted by molar-refractivity contribution is 0.436. The van der Waals surface area contributed by atoms with Crippen LogP contribution >= 0.6 is 0 Å². The summed E-state index contributed by atoms with van der Waals surface area (Å²) in [5.41, 5.74) is 14.6. The van der Waals surface area contributed by atoms with E-state index in [1.165, 1.54) is 44.2 Å². The third kappa shape index (κ3) is 4.82. The zero-order valence-electron chi connectivity index (χ0n) is 30.1. The molecule has 9 aromatic carbocycles. The van der Waals surface area contributed by atoms with Crippen LogP contribution in [0, 0.1) is 0 Å². The first-order valence-corrected chi connectivity index (χ1v) is 18.9. The van der Waals surface area contributed by atoms with Crippen LogP contribution in [0.5, 0.6) is 11.5 Å². The van der Waals surface area contributed by atoms with E-state index in [2.05, 4.69) is 217 Å². The lowest BCUT2D eigenvalue weighted by Crippen LogP contribution is -2.32. The van der Waals surface area contributed by atoms with Gasteiger partial charge in [-0.3, -0.25) is 0 Å². The number of ether oxygens (including phenoxy) is 1. The fourth-order valence-electron chi connectivity index (χ4n) is 9.10. The summed E-state index contributed by atoms with van der Waals surface area (Å²) in [6, 6.07) is 76.9. The van der Waals surface area contributed by atoms with E-state index in [1.807, 2.05) is 0 Å². The number of fused-ring (bicyclic) bond motifs is 10. The molecule has 0 aromatic heterocycles. The Balaban J connectivity index is 1.24. The van der Waals surface area contributed by atoms with Gasteiger partial charge in [0.05, 0.1) is 11.1 Å². The van der Waals surface area contributed by atoms with Gasteiger partial charge in [0.2, 0.25) is 0 Å². The average Bonchev–Trinajstić information content (AvgIpc) is 3.55. The summed E-state index contributed by atoms with van der Waals surface area (Å²) in [4.78, 5) is 2.42. The van der Waals surface area contributed by atoms with Crippen LogP contribution in [0.1, 0.15) is 22.3 Å². The molecule has 258 valence electrons. The summed E-state index contributed by atoms with van der Waals surface area (Å²) in [6.45, 7) is 0. The first-order valence-electron chi connectivity index (χ1n) is 18.9. The Hall–Kier alpha value is -7.16. The quantitative estimate of drug-likeness (QED) is 0.177. The lowest BCUT2D eigenvalue weighted by Gasteiger charge is -2.40. The third-order valence-electron chi connectivity index (χ3n) is 11.5. The highest BCUT2D eigenvalue weighted by Gasteiger charge is 2.51. The molecular weight excluding hydrogens is 667 g/mol. The Morgan fingerprint density at radius 2 is 0.909 bits per heavy atom. The van der Waals surface area contributed by atoms with E-state index in [0.717, 1.165) is 50.8 Å². The molecule has 11 rings (SSSR count). The molecule has 55 heavy (non-hydrogen) atoms. The Labute approximate surface area is 321 Å². The number of nitrogens with zero attached hydrogens (tertiary/aromatic N) is 1. The Bertz CT molecular complexity index is 2800. The van der Waals surface area contributed by atoms with E-state index in [4.69, 9.17) is 4.74 Å². The van der Waals surface area contributed by atoms with Crippen molar-refractivity contribution in [3.05, 3.63) is 235 Å². The first-order chi connectivity index (χ1) is 27.3. The molecule has 2 nitrogen and oxygen atoms in total. The van der Waals surface area contributed by atoms with Crippen molar-refractivity contribution >= 4 is 27.8 Å². The van der Waals surface area contributed by atoms with Gasteiger partial charge in [-0.15, -0.1) is 0 Å². The monoisotopic (exact) mass is 701 g/mol. The summed E-state index contributed by atoms with van der Waals surface area (Å²) in [6.07, 6.45) is 0. The number of anilines is 3. The molecule has 0 saturated carbocycles. The van der Waals surface area contributed by atoms with Gasteiger partial charge in [-0.25, -0.2) is 0 Å². The van der Waals surface area contributed by atoms with Crippen LogP contribution in [0.2, 0.25) is 0 Å². The highest BCUT2D eigenvalue weighted by molar-refractivity contribution is 6.00. The molecule has 0 fully saturated rings. The SMILES string of the molecule is c1ccc(-c2ccc3c(c2)C2(c4cc(-c5ccccc5)ccc4O3)c3ccccc3-c3ccc(N(c4ccccc4)c4cccc5ccccc45)cc32)cc1. The summed E-state index contributed by atoms with van der Waals surface area (Å²) in [7, 11) is 0. The fourth-order valence-corrected chi connectivity index (χ4v) is 9.10. The molecule has 9 aromatic rings. The summed E-state index contributed by atoms with van der Waals surface area (Å²) < 4.78 is 6.93. The highest BCUT2D eigenvalue weighted by atomic mass is 16.5. The molecule has 1 spiro atoms. The predicted molar refractivity (Wildman–Crippen MR) is 227 cm³/mol. The van der Waals surface area contributed by atoms with Gasteiger partial charge < -0.3 is 9.64 Å². The van der Waals surface area contributed by atoms with Crippen LogP contribution in [0.4, 0.5) is 17.1 Å². The van der Waals surface area contributed by atoms with E-state index in [-0.39, 0.29) is 0 Å². The molecule has 1 aliphatic carbocycles. The highest BCUT2D eigenvalue weighted by Crippen LogP contribution is 2.63. The Morgan fingerprint density at radius 1 is 0.345 bits per heavy atom. The van der Waals surface area contributed by atoms with Gasteiger partial charge in [0.15, 0.2) is 0 Å². The number of rotatable bonds is 5. The molecular formula is C53H35NO. The normalized spacial score (nSPS) is 13.0. The van der Waals surface area contributed by atoms with Gasteiger partial charge in [-0.05, 0) is 104 Å². The van der Waals surface area contributed by atoms with E-state index in [9.17, 15) is 0 Å².